The van der Waals surface area contributed by atoms with Crippen LogP contribution in [0.25, 0.3) is 0 Å². The van der Waals surface area contributed by atoms with Gasteiger partial charge in [0.05, 0.1) is 16.9 Å². The summed E-state index contributed by atoms with van der Waals surface area (Å²) in [5.74, 6) is -0.313. The van der Waals surface area contributed by atoms with Gasteiger partial charge in [0.1, 0.15) is 5.54 Å². The van der Waals surface area contributed by atoms with Crippen LogP contribution in [0.15, 0.2) is 18.2 Å². The van der Waals surface area contributed by atoms with E-state index in [2.05, 4.69) is 5.32 Å². The fourth-order valence-corrected chi connectivity index (χ4v) is 3.43. The van der Waals surface area contributed by atoms with E-state index in [1.165, 1.54) is 6.07 Å². The summed E-state index contributed by atoms with van der Waals surface area (Å²) in [6.07, 6.45) is -2.18. The predicted octanol–water partition coefficient (Wildman–Crippen LogP) is 3.80. The van der Waals surface area contributed by atoms with Gasteiger partial charge in [-0.3, -0.25) is 4.79 Å². The van der Waals surface area contributed by atoms with Crippen LogP contribution in [0.3, 0.4) is 0 Å². The number of nitrogens with one attached hydrogen (secondary N) is 1. The van der Waals surface area contributed by atoms with E-state index in [4.69, 9.17) is 0 Å². The van der Waals surface area contributed by atoms with Gasteiger partial charge in [-0.1, -0.05) is 6.07 Å². The third kappa shape index (κ3) is 1.92. The third-order valence-corrected chi connectivity index (χ3v) is 4.43. The molecule has 0 aromatic heterocycles. The summed E-state index contributed by atoms with van der Waals surface area (Å²) in [4.78, 5) is 14.3. The number of rotatable bonds is 1. The number of para-hydroxylation sites is 1. The summed E-state index contributed by atoms with van der Waals surface area (Å²) < 4.78 is 39.4. The molecule has 114 valence electrons. The average molecular weight is 298 g/mol. The van der Waals surface area contributed by atoms with Gasteiger partial charge in [-0.25, -0.2) is 0 Å². The number of hydrogen-bond donors (Lipinski definition) is 1. The number of amides is 1. The molecule has 0 saturated heterocycles. The highest BCUT2D eigenvalue weighted by atomic mass is 19.4. The highest BCUT2D eigenvalue weighted by molar-refractivity contribution is 6.08. The first kappa shape index (κ1) is 14.2. The van der Waals surface area contributed by atoms with Gasteiger partial charge >= 0.3 is 6.18 Å². The molecular formula is C15H17F3N2O. The number of halogens is 3. The van der Waals surface area contributed by atoms with Gasteiger partial charge in [-0.2, -0.15) is 13.2 Å². The van der Waals surface area contributed by atoms with E-state index in [1.54, 1.807) is 6.07 Å². The van der Waals surface area contributed by atoms with Gasteiger partial charge in [0.25, 0.3) is 0 Å². The number of fused-ring (bicyclic) bond motifs is 1. The van der Waals surface area contributed by atoms with Crippen LogP contribution in [0.2, 0.25) is 0 Å². The van der Waals surface area contributed by atoms with Gasteiger partial charge in [0.15, 0.2) is 0 Å². The van der Waals surface area contributed by atoms with Crippen LogP contribution in [0.1, 0.15) is 38.7 Å². The molecule has 1 aliphatic heterocycles. The quantitative estimate of drug-likeness (QED) is 0.855. The second kappa shape index (κ2) is 4.39. The molecule has 0 unspecified atom stereocenters. The minimum Gasteiger partial charge on any atom is -0.353 e. The second-order valence-corrected chi connectivity index (χ2v) is 6.00. The molecule has 1 fully saturated rings. The van der Waals surface area contributed by atoms with E-state index in [0.29, 0.717) is 18.5 Å². The molecule has 6 heteroatoms. The van der Waals surface area contributed by atoms with E-state index in [-0.39, 0.29) is 17.6 Å². The topological polar surface area (TPSA) is 32.3 Å². The van der Waals surface area contributed by atoms with Crippen LogP contribution < -0.4 is 10.2 Å². The van der Waals surface area contributed by atoms with Crippen molar-refractivity contribution in [2.24, 2.45) is 0 Å². The first-order valence-corrected chi connectivity index (χ1v) is 7.08. The van der Waals surface area contributed by atoms with E-state index >= 15 is 0 Å². The van der Waals surface area contributed by atoms with Gasteiger partial charge < -0.3 is 10.2 Å². The molecule has 3 rings (SSSR count). The number of nitrogens with zero attached hydrogens (tertiary/aromatic N) is 1. The molecule has 21 heavy (non-hydrogen) atoms. The van der Waals surface area contributed by atoms with E-state index in [0.717, 1.165) is 12.5 Å². The maximum Gasteiger partial charge on any atom is 0.418 e. The molecule has 1 N–H and O–H groups in total. The zero-order valence-corrected chi connectivity index (χ0v) is 11.9. The molecule has 1 aromatic rings. The standard InChI is InChI=1S/C15H17F3N2O/c1-9(2)20-11-6-3-5-10(15(16,17)18)12(11)19-13(21)14(20)7-4-8-14/h3,5-6,9H,4,7-8H2,1-2H3,(H,19,21). The molecule has 0 atom stereocenters. The molecule has 1 aromatic carbocycles. The Morgan fingerprint density at radius 2 is 1.95 bits per heavy atom. The van der Waals surface area contributed by atoms with E-state index in [9.17, 15) is 18.0 Å². The highest BCUT2D eigenvalue weighted by Crippen LogP contribution is 2.50. The molecule has 3 nitrogen and oxygen atoms in total. The lowest BCUT2D eigenvalue weighted by molar-refractivity contribution is -0.137. The van der Waals surface area contributed by atoms with E-state index < -0.39 is 17.3 Å². The van der Waals surface area contributed by atoms with Gasteiger partial charge in [-0.15, -0.1) is 0 Å². The Bertz CT molecular complexity index is 591. The first-order valence-electron chi connectivity index (χ1n) is 7.08. The number of hydrogen-bond acceptors (Lipinski definition) is 2. The van der Waals surface area contributed by atoms with Crippen molar-refractivity contribution in [3.63, 3.8) is 0 Å². The van der Waals surface area contributed by atoms with Crippen LogP contribution in [-0.2, 0) is 11.0 Å². The summed E-state index contributed by atoms with van der Waals surface area (Å²) in [7, 11) is 0. The van der Waals surface area contributed by atoms with Crippen LogP contribution in [0.5, 0.6) is 0 Å². The molecule has 0 bridgehead atoms. The van der Waals surface area contributed by atoms with Crippen molar-refractivity contribution in [1.29, 1.82) is 0 Å². The maximum atomic E-state index is 13.1. The zero-order chi connectivity index (χ0) is 15.4. The van der Waals surface area contributed by atoms with E-state index in [1.807, 2.05) is 18.7 Å². The first-order chi connectivity index (χ1) is 9.77. The Kier molecular flexibility index (Phi) is 2.97. The lowest BCUT2D eigenvalue weighted by Gasteiger charge is -2.55. The van der Waals surface area contributed by atoms with Crippen molar-refractivity contribution >= 4 is 17.3 Å². The Balaban J connectivity index is 2.19. The Labute approximate surface area is 121 Å². The van der Waals surface area contributed by atoms with Crippen molar-refractivity contribution in [2.45, 2.75) is 50.9 Å². The van der Waals surface area contributed by atoms with Crippen molar-refractivity contribution in [3.8, 4) is 0 Å². The maximum absolute atomic E-state index is 13.1. The summed E-state index contributed by atoms with van der Waals surface area (Å²) in [6, 6.07) is 4.03. The largest absolute Gasteiger partial charge is 0.418 e. The molecule has 1 spiro atoms. The number of anilines is 2. The minimum absolute atomic E-state index is 0.0430. The molecule has 0 radical (unpaired) electrons. The molecule has 1 heterocycles. The predicted molar refractivity (Wildman–Crippen MR) is 74.3 cm³/mol. The number of benzene rings is 1. The number of carbonyl (C=O) groups excluding carboxylic acids is 1. The van der Waals surface area contributed by atoms with Crippen LogP contribution in [0, 0.1) is 0 Å². The van der Waals surface area contributed by atoms with Crippen molar-refractivity contribution in [2.75, 3.05) is 10.2 Å². The number of carbonyl (C=O) groups is 1. The third-order valence-electron chi connectivity index (χ3n) is 4.43. The molecule has 1 saturated carbocycles. The fourth-order valence-electron chi connectivity index (χ4n) is 3.43. The molecule has 2 aliphatic rings. The van der Waals surface area contributed by atoms with Crippen molar-refractivity contribution in [1.82, 2.24) is 0 Å². The highest BCUT2D eigenvalue weighted by Gasteiger charge is 2.54. The van der Waals surface area contributed by atoms with Gasteiger partial charge in [0, 0.05) is 6.04 Å². The minimum atomic E-state index is -4.48. The summed E-state index contributed by atoms with van der Waals surface area (Å²) in [6.45, 7) is 3.81. The smallest absolute Gasteiger partial charge is 0.353 e. The van der Waals surface area contributed by atoms with Crippen molar-refractivity contribution in [3.05, 3.63) is 23.8 Å². The van der Waals surface area contributed by atoms with Crippen LogP contribution >= 0.6 is 0 Å². The van der Waals surface area contributed by atoms with Gasteiger partial charge in [-0.05, 0) is 45.2 Å². The Morgan fingerprint density at radius 1 is 1.29 bits per heavy atom. The second-order valence-electron chi connectivity index (χ2n) is 6.00. The normalized spacial score (nSPS) is 20.3. The summed E-state index contributed by atoms with van der Waals surface area (Å²) >= 11 is 0. The molecule has 1 aliphatic carbocycles. The Hall–Kier alpha value is -1.72. The SMILES string of the molecule is CC(C)N1c2cccc(C(F)(F)F)c2NC(=O)C12CCC2. The zero-order valence-electron chi connectivity index (χ0n) is 11.9. The number of alkyl halides is 3. The summed E-state index contributed by atoms with van der Waals surface area (Å²) in [5.41, 5.74) is -1.10. The molecular weight excluding hydrogens is 281 g/mol. The average Bonchev–Trinajstić information content (AvgIpc) is 2.32. The summed E-state index contributed by atoms with van der Waals surface area (Å²) in [5, 5.41) is 2.51. The fraction of sp³-hybridized carbons (Fsp3) is 0.533. The van der Waals surface area contributed by atoms with Crippen LogP contribution in [0.4, 0.5) is 24.5 Å². The van der Waals surface area contributed by atoms with Gasteiger partial charge in [0.2, 0.25) is 5.91 Å². The monoisotopic (exact) mass is 298 g/mol. The van der Waals surface area contributed by atoms with Crippen LogP contribution in [-0.4, -0.2) is 17.5 Å². The lowest BCUT2D eigenvalue weighted by Crippen LogP contribution is -2.66. The lowest BCUT2D eigenvalue weighted by atomic mass is 9.72. The Morgan fingerprint density at radius 3 is 2.43 bits per heavy atom. The molecule has 1 amide bonds. The van der Waals surface area contributed by atoms with Crippen molar-refractivity contribution < 1.29 is 18.0 Å².